The highest BCUT2D eigenvalue weighted by Crippen LogP contribution is 2.20. The second-order valence-electron chi connectivity index (χ2n) is 4.75. The van der Waals surface area contributed by atoms with Crippen LogP contribution in [0.4, 0.5) is 23.5 Å². The van der Waals surface area contributed by atoms with E-state index in [1.807, 2.05) is 13.2 Å². The molecule has 0 amide bonds. The van der Waals surface area contributed by atoms with Crippen molar-refractivity contribution in [3.63, 3.8) is 0 Å². The maximum atomic E-state index is 4.48. The zero-order chi connectivity index (χ0) is 13.9. The number of hydrogen-bond acceptors (Lipinski definition) is 7. The quantitative estimate of drug-likeness (QED) is 0.860. The van der Waals surface area contributed by atoms with E-state index in [2.05, 4.69) is 35.6 Å². The summed E-state index contributed by atoms with van der Waals surface area (Å²) < 4.78 is 1.73. The van der Waals surface area contributed by atoms with Gasteiger partial charge in [-0.05, 0) is 12.8 Å². The second kappa shape index (κ2) is 5.32. The predicted molar refractivity (Wildman–Crippen MR) is 77.3 cm³/mol. The van der Waals surface area contributed by atoms with Gasteiger partial charge in [-0.15, -0.1) is 0 Å². The van der Waals surface area contributed by atoms with Crippen LogP contribution >= 0.6 is 0 Å². The lowest BCUT2D eigenvalue weighted by atomic mass is 10.4. The Bertz CT molecular complexity index is 587. The molecule has 0 aliphatic carbocycles. The fourth-order valence-corrected chi connectivity index (χ4v) is 2.21. The van der Waals surface area contributed by atoms with Gasteiger partial charge in [-0.2, -0.15) is 20.1 Å². The van der Waals surface area contributed by atoms with Crippen molar-refractivity contribution < 1.29 is 0 Å². The number of rotatable bonds is 4. The Hall–Kier alpha value is -2.38. The van der Waals surface area contributed by atoms with Gasteiger partial charge in [0.1, 0.15) is 0 Å². The molecule has 106 valence electrons. The van der Waals surface area contributed by atoms with Crippen molar-refractivity contribution in [1.82, 2.24) is 24.7 Å². The summed E-state index contributed by atoms with van der Waals surface area (Å²) in [5.41, 5.74) is 0.855. The molecule has 0 aromatic carbocycles. The van der Waals surface area contributed by atoms with E-state index in [1.54, 1.807) is 17.9 Å². The fraction of sp³-hybridized carbons (Fsp3) is 0.500. The van der Waals surface area contributed by atoms with Gasteiger partial charge in [-0.25, -0.2) is 0 Å². The molecule has 20 heavy (non-hydrogen) atoms. The highest BCUT2D eigenvalue weighted by molar-refractivity contribution is 5.54. The van der Waals surface area contributed by atoms with Crippen molar-refractivity contribution in [3.05, 3.63) is 12.4 Å². The van der Waals surface area contributed by atoms with Gasteiger partial charge >= 0.3 is 0 Å². The molecule has 1 aliphatic rings. The highest BCUT2D eigenvalue weighted by Gasteiger charge is 2.17. The number of hydrogen-bond donors (Lipinski definition) is 2. The van der Waals surface area contributed by atoms with Crippen LogP contribution in [0, 0.1) is 0 Å². The molecule has 3 rings (SSSR count). The molecule has 8 nitrogen and oxygen atoms in total. The molecule has 0 spiro atoms. The Kier molecular flexibility index (Phi) is 3.36. The van der Waals surface area contributed by atoms with Gasteiger partial charge in [0.05, 0.1) is 11.9 Å². The number of nitrogens with zero attached hydrogens (tertiary/aromatic N) is 6. The normalized spacial score (nSPS) is 14.6. The van der Waals surface area contributed by atoms with E-state index < -0.39 is 0 Å². The van der Waals surface area contributed by atoms with E-state index in [0.29, 0.717) is 17.8 Å². The van der Waals surface area contributed by atoms with Gasteiger partial charge in [0.25, 0.3) is 0 Å². The van der Waals surface area contributed by atoms with Crippen LogP contribution in [0.5, 0.6) is 0 Å². The van der Waals surface area contributed by atoms with E-state index in [9.17, 15) is 0 Å². The van der Waals surface area contributed by atoms with Crippen LogP contribution in [0.1, 0.15) is 12.8 Å². The molecule has 2 N–H and O–H groups in total. The number of aryl methyl sites for hydroxylation is 1. The smallest absolute Gasteiger partial charge is 0.233 e. The first kappa shape index (κ1) is 12.6. The zero-order valence-corrected chi connectivity index (χ0v) is 11.7. The average Bonchev–Trinajstić information content (AvgIpc) is 3.10. The standard InChI is InChI=1S/C12H18N8/c1-13-10-16-11(15-9-7-14-19(2)8-9)18-12(17-10)20-5-3-4-6-20/h7-8H,3-6H2,1-2H3,(H2,13,15,16,17,18). The van der Waals surface area contributed by atoms with Crippen LogP contribution in [0.3, 0.4) is 0 Å². The Morgan fingerprint density at radius 2 is 1.85 bits per heavy atom. The number of nitrogens with one attached hydrogen (secondary N) is 2. The molecule has 1 fully saturated rings. The minimum atomic E-state index is 0.527. The summed E-state index contributed by atoms with van der Waals surface area (Å²) in [5.74, 6) is 1.81. The molecule has 3 heterocycles. The van der Waals surface area contributed by atoms with Crippen LogP contribution in [0.2, 0.25) is 0 Å². The van der Waals surface area contributed by atoms with Gasteiger partial charge in [0, 0.05) is 33.4 Å². The summed E-state index contributed by atoms with van der Waals surface area (Å²) in [6, 6.07) is 0. The third-order valence-electron chi connectivity index (χ3n) is 3.20. The average molecular weight is 274 g/mol. The Morgan fingerprint density at radius 1 is 1.10 bits per heavy atom. The molecule has 0 atom stereocenters. The van der Waals surface area contributed by atoms with Crippen LogP contribution in [0.15, 0.2) is 12.4 Å². The minimum Gasteiger partial charge on any atom is -0.357 e. The third-order valence-corrected chi connectivity index (χ3v) is 3.20. The summed E-state index contributed by atoms with van der Waals surface area (Å²) >= 11 is 0. The van der Waals surface area contributed by atoms with E-state index >= 15 is 0 Å². The lowest BCUT2D eigenvalue weighted by Crippen LogP contribution is -2.21. The second-order valence-corrected chi connectivity index (χ2v) is 4.75. The van der Waals surface area contributed by atoms with Gasteiger partial charge in [0.15, 0.2) is 0 Å². The summed E-state index contributed by atoms with van der Waals surface area (Å²) in [6.07, 6.45) is 5.98. The molecule has 0 radical (unpaired) electrons. The van der Waals surface area contributed by atoms with Crippen LogP contribution in [-0.4, -0.2) is 44.9 Å². The molecule has 0 unspecified atom stereocenters. The number of aromatic nitrogens is 5. The summed E-state index contributed by atoms with van der Waals surface area (Å²) in [7, 11) is 3.67. The van der Waals surface area contributed by atoms with Crippen molar-refractivity contribution in [2.24, 2.45) is 7.05 Å². The molecule has 2 aromatic heterocycles. The van der Waals surface area contributed by atoms with Gasteiger partial charge in [0.2, 0.25) is 17.8 Å². The lowest BCUT2D eigenvalue weighted by molar-refractivity contribution is 0.768. The first-order valence-electron chi connectivity index (χ1n) is 6.69. The molecular formula is C12H18N8. The minimum absolute atomic E-state index is 0.527. The summed E-state index contributed by atoms with van der Waals surface area (Å²) in [6.45, 7) is 2.00. The molecule has 1 aliphatic heterocycles. The molecule has 0 bridgehead atoms. The first-order chi connectivity index (χ1) is 9.74. The summed E-state index contributed by atoms with van der Waals surface area (Å²) in [4.78, 5) is 15.4. The van der Waals surface area contributed by atoms with Crippen molar-refractivity contribution >= 4 is 23.5 Å². The van der Waals surface area contributed by atoms with E-state index in [-0.39, 0.29) is 0 Å². The van der Waals surface area contributed by atoms with Crippen molar-refractivity contribution in [2.75, 3.05) is 35.7 Å². The van der Waals surface area contributed by atoms with Gasteiger partial charge < -0.3 is 15.5 Å². The van der Waals surface area contributed by atoms with E-state index in [0.717, 1.165) is 18.8 Å². The predicted octanol–water partition coefficient (Wildman–Crippen LogP) is 0.991. The Balaban J connectivity index is 1.87. The SMILES string of the molecule is CNc1nc(Nc2cnn(C)c2)nc(N2CCCC2)n1. The molecule has 0 saturated carbocycles. The van der Waals surface area contributed by atoms with E-state index in [1.165, 1.54) is 12.8 Å². The number of anilines is 4. The van der Waals surface area contributed by atoms with Gasteiger partial charge in [-0.1, -0.05) is 0 Å². The van der Waals surface area contributed by atoms with Crippen molar-refractivity contribution in [2.45, 2.75) is 12.8 Å². The van der Waals surface area contributed by atoms with Crippen LogP contribution in [0.25, 0.3) is 0 Å². The van der Waals surface area contributed by atoms with Crippen LogP contribution in [-0.2, 0) is 7.05 Å². The maximum Gasteiger partial charge on any atom is 0.233 e. The summed E-state index contributed by atoms with van der Waals surface area (Å²) in [5, 5.41) is 10.2. The van der Waals surface area contributed by atoms with E-state index in [4.69, 9.17) is 0 Å². The molecule has 2 aromatic rings. The largest absolute Gasteiger partial charge is 0.357 e. The van der Waals surface area contributed by atoms with Crippen molar-refractivity contribution in [3.8, 4) is 0 Å². The first-order valence-corrected chi connectivity index (χ1v) is 6.69. The topological polar surface area (TPSA) is 83.8 Å². The monoisotopic (exact) mass is 274 g/mol. The van der Waals surface area contributed by atoms with Crippen molar-refractivity contribution in [1.29, 1.82) is 0 Å². The third kappa shape index (κ3) is 2.63. The molecule has 8 heteroatoms. The van der Waals surface area contributed by atoms with Gasteiger partial charge in [-0.3, -0.25) is 4.68 Å². The molecule has 1 saturated heterocycles. The Labute approximate surface area is 117 Å². The fourth-order valence-electron chi connectivity index (χ4n) is 2.21. The Morgan fingerprint density at radius 3 is 2.50 bits per heavy atom. The maximum absolute atomic E-state index is 4.48. The van der Waals surface area contributed by atoms with Crippen LogP contribution < -0.4 is 15.5 Å². The highest BCUT2D eigenvalue weighted by atomic mass is 15.3. The molecular weight excluding hydrogens is 256 g/mol. The zero-order valence-electron chi connectivity index (χ0n) is 11.7. The lowest BCUT2D eigenvalue weighted by Gasteiger charge is -2.16.